The first kappa shape index (κ1) is 9.09. The smallest absolute Gasteiger partial charge is 0.128 e. The number of ether oxygens (including phenoxy) is 1. The summed E-state index contributed by atoms with van der Waals surface area (Å²) in [6.07, 6.45) is 0.637. The van der Waals surface area contributed by atoms with E-state index in [0.717, 1.165) is 22.3 Å². The summed E-state index contributed by atoms with van der Waals surface area (Å²) in [6.45, 7) is 0.152. The molecule has 73 valence electrons. The predicted molar refractivity (Wildman–Crippen MR) is 54.5 cm³/mol. The summed E-state index contributed by atoms with van der Waals surface area (Å²) >= 11 is 0. The van der Waals surface area contributed by atoms with E-state index in [1.165, 1.54) is 0 Å². The number of aromatic nitrogens is 1. The monoisotopic (exact) mass is 190 g/mol. The van der Waals surface area contributed by atoms with Gasteiger partial charge in [-0.05, 0) is 24.3 Å². The maximum atomic E-state index is 8.81. The normalized spacial score (nSPS) is 10.7. The first-order valence-corrected chi connectivity index (χ1v) is 4.51. The molecular formula is C11H12NO2. The van der Waals surface area contributed by atoms with Crippen LogP contribution in [0.4, 0.5) is 0 Å². The summed E-state index contributed by atoms with van der Waals surface area (Å²) in [5.41, 5.74) is 2.01. The number of benzene rings is 1. The van der Waals surface area contributed by atoms with Gasteiger partial charge < -0.3 is 14.8 Å². The number of fused-ring (bicyclic) bond motifs is 1. The van der Waals surface area contributed by atoms with Crippen molar-refractivity contribution in [1.29, 1.82) is 0 Å². The van der Waals surface area contributed by atoms with E-state index in [0.29, 0.717) is 6.42 Å². The number of hydrogen-bond donors (Lipinski definition) is 2. The van der Waals surface area contributed by atoms with Crippen LogP contribution in [0, 0.1) is 6.07 Å². The first-order valence-electron chi connectivity index (χ1n) is 4.51. The number of nitrogens with one attached hydrogen (secondary N) is 1. The lowest BCUT2D eigenvalue weighted by Gasteiger charge is -1.98. The molecule has 0 aliphatic heterocycles. The van der Waals surface area contributed by atoms with Crippen LogP contribution in [0.1, 0.15) is 5.69 Å². The van der Waals surface area contributed by atoms with Crippen molar-refractivity contribution < 1.29 is 9.84 Å². The fourth-order valence-corrected chi connectivity index (χ4v) is 1.55. The number of methoxy groups -OCH3 is 1. The van der Waals surface area contributed by atoms with Crippen molar-refractivity contribution in [3.8, 4) is 5.75 Å². The largest absolute Gasteiger partial charge is 0.496 e. The summed E-state index contributed by atoms with van der Waals surface area (Å²) in [6, 6.07) is 8.67. The van der Waals surface area contributed by atoms with Crippen molar-refractivity contribution in [2.24, 2.45) is 0 Å². The van der Waals surface area contributed by atoms with Gasteiger partial charge in [-0.3, -0.25) is 0 Å². The van der Waals surface area contributed by atoms with Gasteiger partial charge in [0.15, 0.2) is 0 Å². The topological polar surface area (TPSA) is 45.2 Å². The van der Waals surface area contributed by atoms with Crippen LogP contribution in [-0.2, 0) is 6.42 Å². The maximum absolute atomic E-state index is 8.81. The quantitative estimate of drug-likeness (QED) is 0.770. The molecular weight excluding hydrogens is 178 g/mol. The molecule has 3 nitrogen and oxygen atoms in total. The average Bonchev–Trinajstić information content (AvgIpc) is 2.60. The minimum Gasteiger partial charge on any atom is -0.496 e. The van der Waals surface area contributed by atoms with Crippen molar-refractivity contribution in [2.75, 3.05) is 13.7 Å². The molecule has 1 radical (unpaired) electrons. The number of H-pyrrole nitrogens is 1. The Hall–Kier alpha value is -1.48. The molecule has 2 aromatic rings. The third kappa shape index (κ3) is 1.46. The van der Waals surface area contributed by atoms with Crippen LogP contribution >= 0.6 is 0 Å². The molecule has 0 unspecified atom stereocenters. The number of aromatic amines is 1. The summed E-state index contributed by atoms with van der Waals surface area (Å²) in [5.74, 6) is 0.808. The molecule has 0 atom stereocenters. The number of rotatable bonds is 3. The van der Waals surface area contributed by atoms with Crippen LogP contribution < -0.4 is 4.74 Å². The number of aliphatic hydroxyl groups excluding tert-OH is 1. The van der Waals surface area contributed by atoms with Crippen LogP contribution in [-0.4, -0.2) is 23.8 Å². The van der Waals surface area contributed by atoms with Gasteiger partial charge in [-0.15, -0.1) is 0 Å². The Labute approximate surface area is 82.3 Å². The fourth-order valence-electron chi connectivity index (χ4n) is 1.55. The third-order valence-electron chi connectivity index (χ3n) is 2.21. The zero-order valence-corrected chi connectivity index (χ0v) is 8.00. The highest BCUT2D eigenvalue weighted by Crippen LogP contribution is 2.25. The van der Waals surface area contributed by atoms with E-state index in [4.69, 9.17) is 9.84 Å². The zero-order valence-electron chi connectivity index (χ0n) is 8.00. The lowest BCUT2D eigenvalue weighted by molar-refractivity contribution is 0.298. The van der Waals surface area contributed by atoms with Crippen LogP contribution in [0.15, 0.2) is 18.2 Å². The van der Waals surface area contributed by atoms with E-state index < -0.39 is 0 Å². The first-order chi connectivity index (χ1) is 6.85. The lowest BCUT2D eigenvalue weighted by atomic mass is 10.2. The second-order valence-corrected chi connectivity index (χ2v) is 3.12. The van der Waals surface area contributed by atoms with Gasteiger partial charge >= 0.3 is 0 Å². The van der Waals surface area contributed by atoms with E-state index in [9.17, 15) is 0 Å². The highest BCUT2D eigenvalue weighted by molar-refractivity contribution is 5.86. The van der Waals surface area contributed by atoms with E-state index >= 15 is 0 Å². The van der Waals surface area contributed by atoms with E-state index in [1.807, 2.05) is 12.1 Å². The van der Waals surface area contributed by atoms with Crippen molar-refractivity contribution in [2.45, 2.75) is 6.42 Å². The highest BCUT2D eigenvalue weighted by Gasteiger charge is 2.04. The van der Waals surface area contributed by atoms with Gasteiger partial charge in [-0.1, -0.05) is 0 Å². The Balaban J connectivity index is 2.52. The molecule has 2 rings (SSSR count). The Kier molecular flexibility index (Phi) is 2.41. The molecule has 0 spiro atoms. The molecule has 1 aromatic heterocycles. The van der Waals surface area contributed by atoms with Crippen molar-refractivity contribution >= 4 is 10.9 Å². The predicted octanol–water partition coefficient (Wildman–Crippen LogP) is 1.51. The van der Waals surface area contributed by atoms with Crippen LogP contribution in [0.5, 0.6) is 5.75 Å². The van der Waals surface area contributed by atoms with Crippen LogP contribution in [0.25, 0.3) is 10.9 Å². The molecule has 0 amide bonds. The van der Waals surface area contributed by atoms with Gasteiger partial charge in [0.25, 0.3) is 0 Å². The van der Waals surface area contributed by atoms with Crippen LogP contribution in [0.3, 0.4) is 0 Å². The van der Waals surface area contributed by atoms with Crippen molar-refractivity contribution in [3.63, 3.8) is 0 Å². The molecule has 2 N–H and O–H groups in total. The lowest BCUT2D eigenvalue weighted by Crippen LogP contribution is -1.88. The summed E-state index contributed by atoms with van der Waals surface area (Å²) in [4.78, 5) is 3.20. The zero-order chi connectivity index (χ0) is 9.97. The van der Waals surface area contributed by atoms with E-state index in [1.54, 1.807) is 13.2 Å². The molecule has 0 bridgehead atoms. The molecule has 0 fully saturated rings. The minimum atomic E-state index is 0.152. The molecule has 3 heteroatoms. The standard InChI is InChI=1S/C11H12NO2/c1-14-11-4-2-3-10-9(11)7-8(12-10)5-6-13/h3-4,7,12-13H,5-6H2,1H3. The average molecular weight is 190 g/mol. The van der Waals surface area contributed by atoms with Gasteiger partial charge in [-0.2, -0.15) is 0 Å². The van der Waals surface area contributed by atoms with Crippen molar-refractivity contribution in [3.05, 3.63) is 30.0 Å². The fraction of sp³-hybridized carbons (Fsp3) is 0.273. The highest BCUT2D eigenvalue weighted by atomic mass is 16.5. The molecule has 0 aliphatic rings. The maximum Gasteiger partial charge on any atom is 0.128 e. The van der Waals surface area contributed by atoms with Gasteiger partial charge in [-0.25, -0.2) is 0 Å². The molecule has 0 aliphatic carbocycles. The van der Waals surface area contributed by atoms with Gasteiger partial charge in [0, 0.05) is 29.6 Å². The Morgan fingerprint density at radius 3 is 3.07 bits per heavy atom. The van der Waals surface area contributed by atoms with E-state index in [2.05, 4.69) is 11.1 Å². The van der Waals surface area contributed by atoms with Gasteiger partial charge in [0.2, 0.25) is 0 Å². The molecule has 1 heterocycles. The Morgan fingerprint density at radius 2 is 2.36 bits per heavy atom. The molecule has 0 saturated heterocycles. The van der Waals surface area contributed by atoms with E-state index in [-0.39, 0.29) is 6.61 Å². The third-order valence-corrected chi connectivity index (χ3v) is 2.21. The minimum absolute atomic E-state index is 0.152. The molecule has 14 heavy (non-hydrogen) atoms. The van der Waals surface area contributed by atoms with Crippen molar-refractivity contribution in [1.82, 2.24) is 4.98 Å². The second kappa shape index (κ2) is 3.72. The molecule has 0 saturated carbocycles. The number of hydrogen-bond acceptors (Lipinski definition) is 2. The summed E-state index contributed by atoms with van der Waals surface area (Å²) < 4.78 is 5.21. The summed E-state index contributed by atoms with van der Waals surface area (Å²) in [7, 11) is 1.64. The SMILES string of the molecule is COc1c[c]cc2[nH]c(CCO)cc12. The van der Waals surface area contributed by atoms with Gasteiger partial charge in [0.1, 0.15) is 5.75 Å². The second-order valence-electron chi connectivity index (χ2n) is 3.12. The van der Waals surface area contributed by atoms with Crippen LogP contribution in [0.2, 0.25) is 0 Å². The molecule has 1 aromatic carbocycles. The Morgan fingerprint density at radius 1 is 1.50 bits per heavy atom. The Bertz CT molecular complexity index is 434. The van der Waals surface area contributed by atoms with Gasteiger partial charge in [0.05, 0.1) is 7.11 Å². The summed E-state index contributed by atoms with van der Waals surface area (Å²) in [5, 5.41) is 9.85. The number of aliphatic hydroxyl groups is 1.